The zero-order chi connectivity index (χ0) is 11.3. The second-order valence-corrected chi connectivity index (χ2v) is 2.93. The molecule has 0 aliphatic rings. The number of rotatable bonds is 2. The Balaban J connectivity index is 2.89. The van der Waals surface area contributed by atoms with Gasteiger partial charge in [0, 0.05) is 11.9 Å². The van der Waals surface area contributed by atoms with E-state index in [0.717, 1.165) is 11.3 Å². The molecule has 1 rings (SSSR count). The molecule has 74 valence electrons. The Morgan fingerprint density at radius 3 is 2.60 bits per heavy atom. The Bertz CT molecular complexity index is 462. The van der Waals surface area contributed by atoms with Crippen LogP contribution in [0.2, 0.25) is 0 Å². The van der Waals surface area contributed by atoms with Gasteiger partial charge in [0.25, 0.3) is 0 Å². The summed E-state index contributed by atoms with van der Waals surface area (Å²) in [4.78, 5) is 0. The van der Waals surface area contributed by atoms with Gasteiger partial charge < -0.3 is 10.4 Å². The number of aromatic hydroxyl groups is 1. The summed E-state index contributed by atoms with van der Waals surface area (Å²) >= 11 is 0. The molecule has 0 aliphatic carbocycles. The van der Waals surface area contributed by atoms with Gasteiger partial charge in [0.15, 0.2) is 0 Å². The van der Waals surface area contributed by atoms with Gasteiger partial charge in [0.1, 0.15) is 23.5 Å². The number of nitrogens with zero attached hydrogens (tertiary/aromatic N) is 2. The van der Waals surface area contributed by atoms with Crippen LogP contribution in [0, 0.1) is 29.6 Å². The number of aryl methyl sites for hydroxylation is 1. The van der Waals surface area contributed by atoms with Crippen LogP contribution >= 0.6 is 0 Å². The summed E-state index contributed by atoms with van der Waals surface area (Å²) < 4.78 is 0. The SMILES string of the molecule is Cc1cc(O)ccc1NC=C(C#N)C#N. The van der Waals surface area contributed by atoms with Crippen LogP contribution in [-0.4, -0.2) is 5.11 Å². The number of benzene rings is 1. The van der Waals surface area contributed by atoms with E-state index >= 15 is 0 Å². The largest absolute Gasteiger partial charge is 0.508 e. The van der Waals surface area contributed by atoms with E-state index < -0.39 is 0 Å². The molecule has 2 N–H and O–H groups in total. The van der Waals surface area contributed by atoms with Gasteiger partial charge in [-0.1, -0.05) is 0 Å². The molecule has 0 fully saturated rings. The first-order chi connectivity index (χ1) is 7.17. The van der Waals surface area contributed by atoms with Gasteiger partial charge in [-0.3, -0.25) is 0 Å². The maximum Gasteiger partial charge on any atom is 0.145 e. The average Bonchev–Trinajstić information content (AvgIpc) is 2.22. The number of phenols is 1. The van der Waals surface area contributed by atoms with E-state index in [1.807, 2.05) is 6.92 Å². The minimum absolute atomic E-state index is 0.00229. The molecular formula is C11H9N3O. The van der Waals surface area contributed by atoms with Gasteiger partial charge >= 0.3 is 0 Å². The number of nitrogens with one attached hydrogen (secondary N) is 1. The van der Waals surface area contributed by atoms with Crippen molar-refractivity contribution in [1.29, 1.82) is 10.5 Å². The van der Waals surface area contributed by atoms with Crippen molar-refractivity contribution in [1.82, 2.24) is 0 Å². The molecule has 0 saturated heterocycles. The third-order valence-corrected chi connectivity index (χ3v) is 1.82. The number of phenolic OH excluding ortho intramolecular Hbond substituents is 1. The average molecular weight is 199 g/mol. The number of anilines is 1. The Hall–Kier alpha value is -2.46. The summed E-state index contributed by atoms with van der Waals surface area (Å²) in [6.45, 7) is 1.81. The van der Waals surface area contributed by atoms with Crippen molar-refractivity contribution in [2.45, 2.75) is 6.92 Å². The van der Waals surface area contributed by atoms with Crippen molar-refractivity contribution in [3.63, 3.8) is 0 Å². The normalized spacial score (nSPS) is 8.47. The molecule has 1 aromatic carbocycles. The fourth-order valence-electron chi connectivity index (χ4n) is 1.05. The number of allylic oxidation sites excluding steroid dienone is 1. The lowest BCUT2D eigenvalue weighted by atomic mass is 10.2. The molecule has 0 radical (unpaired) electrons. The van der Waals surface area contributed by atoms with Crippen molar-refractivity contribution >= 4 is 5.69 Å². The molecule has 4 heteroatoms. The highest BCUT2D eigenvalue weighted by Crippen LogP contribution is 2.20. The summed E-state index contributed by atoms with van der Waals surface area (Å²) in [6.07, 6.45) is 1.33. The standard InChI is InChI=1S/C11H9N3O/c1-8-4-10(15)2-3-11(8)14-7-9(5-12)6-13/h2-4,7,14-15H,1H3. The monoisotopic (exact) mass is 199 g/mol. The van der Waals surface area contributed by atoms with Crippen molar-refractivity contribution in [2.24, 2.45) is 0 Å². The molecule has 4 nitrogen and oxygen atoms in total. The van der Waals surface area contributed by atoms with E-state index in [2.05, 4.69) is 5.32 Å². The Morgan fingerprint density at radius 1 is 1.40 bits per heavy atom. The van der Waals surface area contributed by atoms with Crippen molar-refractivity contribution in [3.8, 4) is 17.9 Å². The van der Waals surface area contributed by atoms with Crippen LogP contribution in [0.1, 0.15) is 5.56 Å². The van der Waals surface area contributed by atoms with Crippen LogP contribution in [0.25, 0.3) is 0 Å². The lowest BCUT2D eigenvalue weighted by Gasteiger charge is -2.05. The third-order valence-electron chi connectivity index (χ3n) is 1.82. The summed E-state index contributed by atoms with van der Waals surface area (Å²) in [5.74, 6) is 0.183. The first kappa shape index (κ1) is 10.6. The maximum atomic E-state index is 9.16. The van der Waals surface area contributed by atoms with Gasteiger partial charge in [-0.15, -0.1) is 0 Å². The van der Waals surface area contributed by atoms with Crippen LogP contribution in [0.3, 0.4) is 0 Å². The minimum Gasteiger partial charge on any atom is -0.508 e. The lowest BCUT2D eigenvalue weighted by molar-refractivity contribution is 0.475. The molecule has 0 atom stereocenters. The predicted octanol–water partition coefficient (Wildman–Crippen LogP) is 2.04. The van der Waals surface area contributed by atoms with Gasteiger partial charge in [0.05, 0.1) is 0 Å². The van der Waals surface area contributed by atoms with Crippen LogP contribution in [0.4, 0.5) is 5.69 Å². The molecule has 15 heavy (non-hydrogen) atoms. The highest BCUT2D eigenvalue weighted by Gasteiger charge is 1.98. The minimum atomic E-state index is 0.00229. The van der Waals surface area contributed by atoms with Crippen molar-refractivity contribution < 1.29 is 5.11 Å². The van der Waals surface area contributed by atoms with E-state index in [1.54, 1.807) is 24.3 Å². The predicted molar refractivity (Wildman–Crippen MR) is 55.8 cm³/mol. The number of nitriles is 2. The number of hydrogen-bond donors (Lipinski definition) is 2. The molecular weight excluding hydrogens is 190 g/mol. The van der Waals surface area contributed by atoms with E-state index in [9.17, 15) is 0 Å². The van der Waals surface area contributed by atoms with Gasteiger partial charge in [-0.05, 0) is 30.7 Å². The summed E-state index contributed by atoms with van der Waals surface area (Å²) in [6, 6.07) is 8.28. The van der Waals surface area contributed by atoms with E-state index in [4.69, 9.17) is 15.6 Å². The first-order valence-electron chi connectivity index (χ1n) is 4.24. The van der Waals surface area contributed by atoms with Crippen LogP contribution < -0.4 is 5.32 Å². The Kier molecular flexibility index (Phi) is 3.32. The van der Waals surface area contributed by atoms with Gasteiger partial charge in [-0.25, -0.2) is 0 Å². The Labute approximate surface area is 87.7 Å². The van der Waals surface area contributed by atoms with E-state index in [0.29, 0.717) is 0 Å². The highest BCUT2D eigenvalue weighted by atomic mass is 16.3. The summed E-state index contributed by atoms with van der Waals surface area (Å²) in [5, 5.41) is 29.0. The van der Waals surface area contributed by atoms with Crippen molar-refractivity contribution in [3.05, 3.63) is 35.5 Å². The molecule has 0 heterocycles. The smallest absolute Gasteiger partial charge is 0.145 e. The molecule has 1 aromatic rings. The summed E-state index contributed by atoms with van der Waals surface area (Å²) in [7, 11) is 0. The van der Waals surface area contributed by atoms with E-state index in [1.165, 1.54) is 12.3 Å². The first-order valence-corrected chi connectivity index (χ1v) is 4.24. The molecule has 0 bridgehead atoms. The van der Waals surface area contributed by atoms with E-state index in [-0.39, 0.29) is 11.3 Å². The topological polar surface area (TPSA) is 79.8 Å². The molecule has 0 spiro atoms. The molecule has 0 aromatic heterocycles. The van der Waals surface area contributed by atoms with Crippen LogP contribution in [0.15, 0.2) is 30.0 Å². The molecule has 0 amide bonds. The second-order valence-electron chi connectivity index (χ2n) is 2.93. The van der Waals surface area contributed by atoms with Crippen LogP contribution in [-0.2, 0) is 0 Å². The molecule has 0 aliphatic heterocycles. The maximum absolute atomic E-state index is 9.16. The fourth-order valence-corrected chi connectivity index (χ4v) is 1.05. The molecule has 0 unspecified atom stereocenters. The quantitative estimate of drug-likeness (QED) is 0.564. The third kappa shape index (κ3) is 2.75. The summed E-state index contributed by atoms with van der Waals surface area (Å²) in [5.41, 5.74) is 1.58. The number of hydrogen-bond acceptors (Lipinski definition) is 4. The van der Waals surface area contributed by atoms with Gasteiger partial charge in [0.2, 0.25) is 0 Å². The fraction of sp³-hybridized carbons (Fsp3) is 0.0909. The van der Waals surface area contributed by atoms with Crippen LogP contribution in [0.5, 0.6) is 5.75 Å². The van der Waals surface area contributed by atoms with Gasteiger partial charge in [-0.2, -0.15) is 10.5 Å². The Morgan fingerprint density at radius 2 is 2.07 bits per heavy atom. The lowest BCUT2D eigenvalue weighted by Crippen LogP contribution is -1.92. The highest BCUT2D eigenvalue weighted by molar-refractivity contribution is 5.56. The molecule has 0 saturated carbocycles. The zero-order valence-corrected chi connectivity index (χ0v) is 8.15. The second kappa shape index (κ2) is 4.69. The zero-order valence-electron chi connectivity index (χ0n) is 8.15. The van der Waals surface area contributed by atoms with Crippen molar-refractivity contribution in [2.75, 3.05) is 5.32 Å².